The van der Waals surface area contributed by atoms with Gasteiger partial charge in [0.05, 0.1) is 17.7 Å². The summed E-state index contributed by atoms with van der Waals surface area (Å²) >= 11 is 5.99. The van der Waals surface area contributed by atoms with Gasteiger partial charge in [-0.3, -0.25) is 9.36 Å². The van der Waals surface area contributed by atoms with E-state index in [0.717, 1.165) is 10.6 Å². The second kappa shape index (κ2) is 6.30. The zero-order valence-electron chi connectivity index (χ0n) is 13.1. The topological polar surface area (TPSA) is 65.6 Å². The lowest BCUT2D eigenvalue weighted by atomic mass is 10.1. The minimum atomic E-state index is -1.11. The number of hydrogen-bond donors (Lipinski definition) is 0. The largest absolute Gasteiger partial charge is 0.274 e. The number of tetrazole rings is 1. The van der Waals surface area contributed by atoms with Crippen molar-refractivity contribution < 1.29 is 8.78 Å². The second-order valence-corrected chi connectivity index (χ2v) is 6.02. The van der Waals surface area contributed by atoms with Gasteiger partial charge in [0.1, 0.15) is 6.33 Å². The van der Waals surface area contributed by atoms with Gasteiger partial charge in [0, 0.05) is 16.5 Å². The van der Waals surface area contributed by atoms with E-state index in [1.165, 1.54) is 29.2 Å². The Balaban J connectivity index is 2.06. The zero-order valence-corrected chi connectivity index (χ0v) is 13.9. The average molecular weight is 374 g/mol. The van der Waals surface area contributed by atoms with Gasteiger partial charge in [0.2, 0.25) is 0 Å². The van der Waals surface area contributed by atoms with Crippen LogP contribution in [0.2, 0.25) is 5.02 Å². The number of halogens is 3. The summed E-state index contributed by atoms with van der Waals surface area (Å²) in [5.74, 6) is -2.16. The van der Waals surface area contributed by atoms with Gasteiger partial charge in [0.25, 0.3) is 5.56 Å². The van der Waals surface area contributed by atoms with Gasteiger partial charge in [-0.05, 0) is 46.3 Å². The molecule has 0 radical (unpaired) electrons. The van der Waals surface area contributed by atoms with E-state index in [9.17, 15) is 13.6 Å². The molecule has 0 unspecified atom stereocenters. The Morgan fingerprint density at radius 3 is 2.69 bits per heavy atom. The molecule has 2 heterocycles. The van der Waals surface area contributed by atoms with Gasteiger partial charge in [-0.2, -0.15) is 0 Å². The maximum absolute atomic E-state index is 14.7. The molecule has 2 aromatic heterocycles. The summed E-state index contributed by atoms with van der Waals surface area (Å²) in [6.45, 7) is 0.139. The van der Waals surface area contributed by atoms with Crippen LogP contribution < -0.4 is 5.56 Å². The first-order valence-corrected chi connectivity index (χ1v) is 7.92. The number of hydrogen-bond acceptors (Lipinski definition) is 4. The summed E-state index contributed by atoms with van der Waals surface area (Å²) in [5.41, 5.74) is 0.121. The average Bonchev–Trinajstić information content (AvgIpc) is 3.11. The number of pyridine rings is 1. The molecular weight excluding hydrogens is 364 g/mol. The van der Waals surface area contributed by atoms with Crippen molar-refractivity contribution in [3.8, 4) is 5.69 Å². The van der Waals surface area contributed by atoms with Crippen LogP contribution in [0.1, 0.15) is 5.56 Å². The predicted octanol–water partition coefficient (Wildman–Crippen LogP) is 2.96. The lowest BCUT2D eigenvalue weighted by Crippen LogP contribution is -2.21. The maximum atomic E-state index is 14.7. The molecule has 0 spiro atoms. The molecule has 9 heteroatoms. The molecule has 130 valence electrons. The summed E-state index contributed by atoms with van der Waals surface area (Å²) in [6.07, 6.45) is 1.37. The van der Waals surface area contributed by atoms with Crippen LogP contribution in [0, 0.1) is 11.6 Å². The van der Waals surface area contributed by atoms with Crippen molar-refractivity contribution in [2.45, 2.75) is 6.54 Å². The second-order valence-electron chi connectivity index (χ2n) is 5.59. The molecule has 0 aliphatic heterocycles. The molecular formula is C17H10ClF2N5O. The van der Waals surface area contributed by atoms with Crippen molar-refractivity contribution in [2.24, 2.45) is 0 Å². The molecule has 4 aromatic rings. The Hall–Kier alpha value is -3.13. The highest BCUT2D eigenvalue weighted by Crippen LogP contribution is 2.26. The molecule has 0 N–H and O–H groups in total. The lowest BCUT2D eigenvalue weighted by Gasteiger charge is -2.15. The van der Waals surface area contributed by atoms with E-state index in [1.807, 2.05) is 0 Å². The fraction of sp³-hybridized carbons (Fsp3) is 0.0588. The summed E-state index contributed by atoms with van der Waals surface area (Å²) in [5, 5.41) is 11.5. The van der Waals surface area contributed by atoms with Crippen molar-refractivity contribution in [2.75, 3.05) is 0 Å². The molecule has 2 aromatic carbocycles. The lowest BCUT2D eigenvalue weighted by molar-refractivity contribution is 0.513. The monoisotopic (exact) mass is 373 g/mol. The van der Waals surface area contributed by atoms with Crippen LogP contribution in [0.4, 0.5) is 8.78 Å². The molecule has 0 bridgehead atoms. The van der Waals surface area contributed by atoms with Crippen LogP contribution >= 0.6 is 11.6 Å². The van der Waals surface area contributed by atoms with Crippen molar-refractivity contribution in [3.05, 3.63) is 81.4 Å². The van der Waals surface area contributed by atoms with Gasteiger partial charge in [0.15, 0.2) is 11.6 Å². The summed E-state index contributed by atoms with van der Waals surface area (Å²) < 4.78 is 31.1. The van der Waals surface area contributed by atoms with Crippen LogP contribution in [0.25, 0.3) is 16.6 Å². The Labute approximate surface area is 150 Å². The Morgan fingerprint density at radius 1 is 1.12 bits per heavy atom. The Kier molecular flexibility index (Phi) is 3.96. The Morgan fingerprint density at radius 2 is 1.96 bits per heavy atom. The molecule has 0 amide bonds. The summed E-state index contributed by atoms with van der Waals surface area (Å²) in [6, 6.07) is 10.2. The standard InChI is InChI=1S/C17H10ClF2N5O/c18-11-2-1-3-12(7-11)25-15(26)6-10(8-24-9-21-22-23-24)13-4-5-14(19)16(20)17(13)25/h1-7,9H,8H2. The first-order chi connectivity index (χ1) is 12.5. The van der Waals surface area contributed by atoms with E-state index in [0.29, 0.717) is 21.7 Å². The molecule has 0 aliphatic rings. The molecule has 0 saturated heterocycles. The van der Waals surface area contributed by atoms with Crippen molar-refractivity contribution >= 4 is 22.5 Å². The normalized spacial score (nSPS) is 11.2. The molecule has 0 saturated carbocycles. The highest BCUT2D eigenvalue weighted by molar-refractivity contribution is 6.30. The van der Waals surface area contributed by atoms with Gasteiger partial charge in [-0.1, -0.05) is 17.7 Å². The first-order valence-electron chi connectivity index (χ1n) is 7.54. The fourth-order valence-electron chi connectivity index (χ4n) is 2.85. The summed E-state index contributed by atoms with van der Waals surface area (Å²) in [7, 11) is 0. The van der Waals surface area contributed by atoms with E-state index in [1.54, 1.807) is 18.2 Å². The van der Waals surface area contributed by atoms with Crippen LogP contribution in [0.5, 0.6) is 0 Å². The van der Waals surface area contributed by atoms with Crippen molar-refractivity contribution in [1.82, 2.24) is 24.8 Å². The third-order valence-electron chi connectivity index (χ3n) is 3.95. The number of fused-ring (bicyclic) bond motifs is 1. The molecule has 0 fully saturated rings. The van der Waals surface area contributed by atoms with Crippen LogP contribution in [-0.2, 0) is 6.54 Å². The van der Waals surface area contributed by atoms with Crippen LogP contribution in [0.15, 0.2) is 53.6 Å². The van der Waals surface area contributed by atoms with Crippen molar-refractivity contribution in [3.63, 3.8) is 0 Å². The molecule has 0 aliphatic carbocycles. The molecule has 4 rings (SSSR count). The van der Waals surface area contributed by atoms with Crippen LogP contribution in [0.3, 0.4) is 0 Å². The van der Waals surface area contributed by atoms with Gasteiger partial charge in [-0.15, -0.1) is 5.10 Å². The number of benzene rings is 2. The fourth-order valence-corrected chi connectivity index (χ4v) is 3.03. The SMILES string of the molecule is O=c1cc(Cn2cnnn2)c2ccc(F)c(F)c2n1-c1cccc(Cl)c1. The van der Waals surface area contributed by atoms with Crippen LogP contribution in [-0.4, -0.2) is 24.8 Å². The minimum Gasteiger partial charge on any atom is -0.274 e. The predicted molar refractivity (Wildman–Crippen MR) is 91.4 cm³/mol. The van der Waals surface area contributed by atoms with E-state index >= 15 is 0 Å². The smallest absolute Gasteiger partial charge is 0.256 e. The number of nitrogens with zero attached hydrogens (tertiary/aromatic N) is 5. The third-order valence-corrected chi connectivity index (χ3v) is 4.18. The minimum absolute atomic E-state index is 0.139. The zero-order chi connectivity index (χ0) is 18.3. The Bertz CT molecular complexity index is 1170. The summed E-state index contributed by atoms with van der Waals surface area (Å²) in [4.78, 5) is 12.7. The number of rotatable bonds is 3. The van der Waals surface area contributed by atoms with E-state index in [4.69, 9.17) is 11.6 Å². The van der Waals surface area contributed by atoms with E-state index in [-0.39, 0.29) is 12.1 Å². The van der Waals surface area contributed by atoms with Gasteiger partial charge >= 0.3 is 0 Å². The van der Waals surface area contributed by atoms with Crippen molar-refractivity contribution in [1.29, 1.82) is 0 Å². The van der Waals surface area contributed by atoms with E-state index < -0.39 is 17.2 Å². The highest BCUT2D eigenvalue weighted by Gasteiger charge is 2.18. The quantitative estimate of drug-likeness (QED) is 0.554. The third kappa shape index (κ3) is 2.74. The highest BCUT2D eigenvalue weighted by atomic mass is 35.5. The number of aromatic nitrogens is 5. The molecule has 0 atom stereocenters. The van der Waals surface area contributed by atoms with E-state index in [2.05, 4.69) is 15.5 Å². The first kappa shape index (κ1) is 16.3. The molecule has 6 nitrogen and oxygen atoms in total. The molecule has 26 heavy (non-hydrogen) atoms. The maximum Gasteiger partial charge on any atom is 0.256 e. The van der Waals surface area contributed by atoms with Gasteiger partial charge < -0.3 is 0 Å². The van der Waals surface area contributed by atoms with Gasteiger partial charge in [-0.25, -0.2) is 13.5 Å².